The van der Waals surface area contributed by atoms with Crippen LogP contribution < -0.4 is 0 Å². The predicted octanol–water partition coefficient (Wildman–Crippen LogP) is 7.40. The molecule has 1 N–H and O–H groups in total. The fourth-order valence-electron chi connectivity index (χ4n) is 7.70. The Morgan fingerprint density at radius 3 is 2.79 bits per heavy atom. The van der Waals surface area contributed by atoms with Gasteiger partial charge in [-0.15, -0.1) is 0 Å². The number of allylic oxidation sites excluding steroid dienone is 4. The van der Waals surface area contributed by atoms with Crippen LogP contribution in [-0.4, -0.2) is 29.0 Å². The lowest BCUT2D eigenvalue weighted by molar-refractivity contribution is -0.147. The van der Waals surface area contributed by atoms with E-state index in [1.807, 2.05) is 6.08 Å². The second kappa shape index (κ2) is 9.56. The summed E-state index contributed by atoms with van der Waals surface area (Å²) in [5.74, 6) is 0.749. The highest BCUT2D eigenvalue weighted by atomic mass is 19.1. The average molecular weight is 476 g/mol. The van der Waals surface area contributed by atoms with Crippen molar-refractivity contribution in [3.8, 4) is 0 Å². The first-order valence-corrected chi connectivity index (χ1v) is 13.3. The van der Waals surface area contributed by atoms with Gasteiger partial charge >= 0.3 is 5.97 Å². The molecule has 3 nitrogen and oxygen atoms in total. The smallest absolute Gasteiger partial charge is 0.302 e. The summed E-state index contributed by atoms with van der Waals surface area (Å²) in [6.45, 7) is 6.90. The van der Waals surface area contributed by atoms with Crippen molar-refractivity contribution in [3.05, 3.63) is 35.5 Å². The van der Waals surface area contributed by atoms with E-state index in [1.54, 1.807) is 0 Å². The average Bonchev–Trinajstić information content (AvgIpc) is 3.46. The zero-order valence-electron chi connectivity index (χ0n) is 24.3. The Morgan fingerprint density at radius 1 is 1.35 bits per heavy atom. The van der Waals surface area contributed by atoms with Crippen LogP contribution >= 0.6 is 0 Å². The summed E-state index contributed by atoms with van der Waals surface area (Å²) in [4.78, 5) is 11.4. The summed E-state index contributed by atoms with van der Waals surface area (Å²) in [6, 6.07) is 0. The largest absolute Gasteiger partial charge is 0.462 e. The monoisotopic (exact) mass is 475 g/mol. The van der Waals surface area contributed by atoms with Gasteiger partial charge in [0.1, 0.15) is 12.3 Å². The van der Waals surface area contributed by atoms with E-state index in [1.165, 1.54) is 45.1 Å². The van der Waals surface area contributed by atoms with Gasteiger partial charge in [0.05, 0.1) is 5.60 Å². The lowest BCUT2D eigenvalue weighted by atomic mass is 9.59. The van der Waals surface area contributed by atoms with Gasteiger partial charge in [-0.1, -0.05) is 37.6 Å². The lowest BCUT2D eigenvalue weighted by Gasteiger charge is -2.45. The van der Waals surface area contributed by atoms with E-state index in [0.717, 1.165) is 37.7 Å². The number of hydrogen-bond donors (Lipinski definition) is 1. The van der Waals surface area contributed by atoms with Gasteiger partial charge in [-0.2, -0.15) is 0 Å². The molecule has 0 aromatic rings. The third-order valence-electron chi connectivity index (χ3n) is 9.47. The second-order valence-electron chi connectivity index (χ2n) is 12.1. The molecule has 0 radical (unpaired) electrons. The zero-order chi connectivity index (χ0) is 27.2. The van der Waals surface area contributed by atoms with Crippen molar-refractivity contribution in [1.82, 2.24) is 0 Å². The summed E-state index contributed by atoms with van der Waals surface area (Å²) >= 11 is 0. The minimum Gasteiger partial charge on any atom is -0.462 e. The number of alkyl halides is 1. The van der Waals surface area contributed by atoms with Gasteiger partial charge in [0.2, 0.25) is 0 Å². The molecule has 0 aliphatic heterocycles. The fraction of sp³-hybridized carbons (Fsp3) is 0.767. The van der Waals surface area contributed by atoms with Crippen molar-refractivity contribution in [2.24, 2.45) is 22.7 Å². The molecule has 4 fully saturated rings. The van der Waals surface area contributed by atoms with Crippen molar-refractivity contribution < 1.29 is 23.1 Å². The number of ether oxygens (including phenoxy) is 1. The Bertz CT molecular complexity index is 962. The van der Waals surface area contributed by atoms with Gasteiger partial charge in [0.25, 0.3) is 0 Å². The number of esters is 1. The van der Waals surface area contributed by atoms with E-state index < -0.39 is 24.7 Å². The maximum Gasteiger partial charge on any atom is 0.302 e. The molecule has 4 saturated carbocycles. The summed E-state index contributed by atoms with van der Waals surface area (Å²) in [5.41, 5.74) is 1.68. The van der Waals surface area contributed by atoms with E-state index in [-0.39, 0.29) is 23.2 Å². The molecule has 34 heavy (non-hydrogen) atoms. The molecule has 0 heterocycles. The number of halogens is 1. The van der Waals surface area contributed by atoms with Gasteiger partial charge in [0.15, 0.2) is 0 Å². The van der Waals surface area contributed by atoms with E-state index in [9.17, 15) is 14.3 Å². The van der Waals surface area contributed by atoms with Gasteiger partial charge in [-0.05, 0) is 105 Å². The molecule has 0 spiro atoms. The Morgan fingerprint density at radius 2 is 2.12 bits per heavy atom. The van der Waals surface area contributed by atoms with Crippen LogP contribution in [-0.2, 0) is 9.53 Å². The normalized spacial score (nSPS) is 40.7. The maximum atomic E-state index is 14.6. The molecular formula is C30H45FO3. The van der Waals surface area contributed by atoms with Gasteiger partial charge in [-0.3, -0.25) is 4.79 Å². The van der Waals surface area contributed by atoms with E-state index in [4.69, 9.17) is 8.85 Å². The zero-order valence-corrected chi connectivity index (χ0v) is 21.3. The number of aliphatic hydroxyl groups is 1. The van der Waals surface area contributed by atoms with E-state index in [2.05, 4.69) is 19.6 Å². The Kier molecular flexibility index (Phi) is 6.14. The van der Waals surface area contributed by atoms with Crippen LogP contribution in [0.15, 0.2) is 35.5 Å². The third kappa shape index (κ3) is 5.37. The van der Waals surface area contributed by atoms with Crippen molar-refractivity contribution in [3.63, 3.8) is 0 Å². The van der Waals surface area contributed by atoms with Crippen molar-refractivity contribution in [1.29, 1.82) is 0 Å². The van der Waals surface area contributed by atoms with Crippen LogP contribution in [0.25, 0.3) is 0 Å². The molecule has 4 aliphatic carbocycles. The van der Waals surface area contributed by atoms with Gasteiger partial charge < -0.3 is 9.84 Å². The van der Waals surface area contributed by atoms with Crippen LogP contribution in [0.2, 0.25) is 0 Å². The molecule has 4 aliphatic rings. The molecular weight excluding hydrogens is 427 g/mol. The molecule has 4 rings (SSSR count). The molecule has 0 aromatic heterocycles. The van der Waals surface area contributed by atoms with Crippen LogP contribution in [0.1, 0.15) is 109 Å². The number of carbonyl (C=O) groups excluding carboxylic acids is 1. The highest BCUT2D eigenvalue weighted by Gasteiger charge is 2.60. The molecule has 0 amide bonds. The quantitative estimate of drug-likeness (QED) is 0.390. The standard InChI is InChI=1S/C30H45FO3/c1-20-23(18-24(19-26(20)31)34-21(2)32)10-9-22-8-6-14-29(5)25(22)11-12-27(29)30(16-17-30)15-7-13-28(3,4)33/h9-10,24-27,33H,1,6-8,11-19H2,2-5H3/b22-9+,23-10-/t24-,25?,26+,27+,29+/m1/s1/i3D3/t24-,25?,26+,27+,28?,29+. The topological polar surface area (TPSA) is 46.5 Å². The molecule has 0 saturated heterocycles. The summed E-state index contributed by atoms with van der Waals surface area (Å²) < 4.78 is 42.8. The molecule has 4 heteroatoms. The van der Waals surface area contributed by atoms with Gasteiger partial charge in [0, 0.05) is 23.9 Å². The number of hydrogen-bond acceptors (Lipinski definition) is 3. The minimum atomic E-state index is -2.35. The highest BCUT2D eigenvalue weighted by molar-refractivity contribution is 5.66. The molecule has 0 bridgehead atoms. The van der Waals surface area contributed by atoms with Crippen molar-refractivity contribution >= 4 is 5.97 Å². The number of rotatable bonds is 7. The molecule has 0 aromatic carbocycles. The first-order valence-electron chi connectivity index (χ1n) is 14.8. The number of carbonyl (C=O) groups is 1. The Balaban J connectivity index is 1.46. The predicted molar refractivity (Wildman–Crippen MR) is 135 cm³/mol. The molecule has 190 valence electrons. The summed E-state index contributed by atoms with van der Waals surface area (Å²) in [5, 5.41) is 10.4. The van der Waals surface area contributed by atoms with Crippen LogP contribution in [0.3, 0.4) is 0 Å². The van der Waals surface area contributed by atoms with Crippen molar-refractivity contribution in [2.75, 3.05) is 0 Å². The van der Waals surface area contributed by atoms with Gasteiger partial charge in [-0.25, -0.2) is 4.39 Å². The van der Waals surface area contributed by atoms with Crippen LogP contribution in [0.4, 0.5) is 4.39 Å². The second-order valence-corrected chi connectivity index (χ2v) is 12.1. The fourth-order valence-corrected chi connectivity index (χ4v) is 7.70. The maximum absolute atomic E-state index is 14.6. The minimum absolute atomic E-state index is 0.179. The first kappa shape index (κ1) is 21.8. The van der Waals surface area contributed by atoms with Crippen LogP contribution in [0, 0.1) is 22.7 Å². The summed E-state index contributed by atoms with van der Waals surface area (Å²) in [6.07, 6.45) is 13.5. The molecule has 2 unspecified atom stereocenters. The SMILES string of the molecule is [2H]C([2H])([2H])C(C)(O)CCCC1([C@H]2CCC3/C(=C/C=C4/C[C@@H](OC(C)=O)C[C@H](F)C4=C)CCC[C@@]32C)CC1. The Labute approximate surface area is 210 Å². The van der Waals surface area contributed by atoms with Crippen LogP contribution in [0.5, 0.6) is 0 Å². The van der Waals surface area contributed by atoms with Crippen molar-refractivity contribution in [2.45, 2.75) is 123 Å². The molecule has 6 atom stereocenters. The lowest BCUT2D eigenvalue weighted by Crippen LogP contribution is -2.37. The van der Waals surface area contributed by atoms with E-state index >= 15 is 0 Å². The summed E-state index contributed by atoms with van der Waals surface area (Å²) in [7, 11) is 0. The third-order valence-corrected chi connectivity index (χ3v) is 9.47. The number of fused-ring (bicyclic) bond motifs is 1. The highest BCUT2D eigenvalue weighted by Crippen LogP contribution is 2.70. The van der Waals surface area contributed by atoms with E-state index in [0.29, 0.717) is 30.3 Å². The Hall–Kier alpha value is -1.42. The first-order chi connectivity index (χ1) is 17.2.